The van der Waals surface area contributed by atoms with Gasteiger partial charge in [0, 0.05) is 0 Å². The largest absolute Gasteiger partial charge is 0.466 e. The summed E-state index contributed by atoms with van der Waals surface area (Å²) in [4.78, 5) is 40.0. The van der Waals surface area contributed by atoms with Gasteiger partial charge >= 0.3 is 5.97 Å². The van der Waals surface area contributed by atoms with Crippen LogP contribution in [0.25, 0.3) is 0 Å². The number of benzene rings is 1. The molecule has 146 valence electrons. The molecule has 6 heteroatoms. The van der Waals surface area contributed by atoms with Crippen LogP contribution in [0.3, 0.4) is 0 Å². The van der Waals surface area contributed by atoms with Crippen LogP contribution in [0.4, 0.5) is 5.69 Å². The zero-order valence-electron chi connectivity index (χ0n) is 16.4. The maximum atomic E-state index is 13.0. The number of amides is 2. The predicted molar refractivity (Wildman–Crippen MR) is 101 cm³/mol. The highest BCUT2D eigenvalue weighted by atomic mass is 16.5. The standard InChI is InChI=1S/C21H28N2O4/c1-4-27-21(26)16-6-5-11-22(13-16)18-12-19(24)23(20(18)25)17-9-7-15(8-10-17)14(2)3/h7-10,14,16,18H,4-6,11-13H2,1-3H3/p+1/t16-,18-/m1/s1. The van der Waals surface area contributed by atoms with Gasteiger partial charge in [0.25, 0.3) is 5.91 Å². The van der Waals surface area contributed by atoms with E-state index in [1.807, 2.05) is 24.3 Å². The van der Waals surface area contributed by atoms with Gasteiger partial charge in [-0.2, -0.15) is 0 Å². The van der Waals surface area contributed by atoms with Crippen molar-refractivity contribution in [2.45, 2.75) is 52.0 Å². The molecule has 3 rings (SSSR count). The second-order valence-corrected chi connectivity index (χ2v) is 7.77. The molecule has 2 amide bonds. The van der Waals surface area contributed by atoms with Gasteiger partial charge in [-0.1, -0.05) is 26.0 Å². The van der Waals surface area contributed by atoms with Crippen LogP contribution >= 0.6 is 0 Å². The lowest BCUT2D eigenvalue weighted by Gasteiger charge is -2.31. The molecule has 0 radical (unpaired) electrons. The van der Waals surface area contributed by atoms with Crippen molar-refractivity contribution in [1.82, 2.24) is 0 Å². The van der Waals surface area contributed by atoms with Crippen molar-refractivity contribution in [1.29, 1.82) is 0 Å². The first kappa shape index (κ1) is 19.5. The van der Waals surface area contributed by atoms with E-state index >= 15 is 0 Å². The van der Waals surface area contributed by atoms with Crippen molar-refractivity contribution < 1.29 is 24.0 Å². The summed E-state index contributed by atoms with van der Waals surface area (Å²) in [6.07, 6.45) is 1.85. The molecule has 1 unspecified atom stereocenters. The van der Waals surface area contributed by atoms with Crippen molar-refractivity contribution in [2.75, 3.05) is 24.6 Å². The van der Waals surface area contributed by atoms with E-state index in [0.29, 0.717) is 24.8 Å². The van der Waals surface area contributed by atoms with Crippen LogP contribution in [0.5, 0.6) is 0 Å². The van der Waals surface area contributed by atoms with Crippen LogP contribution in [0.2, 0.25) is 0 Å². The molecule has 2 fully saturated rings. The molecule has 0 spiro atoms. The molecule has 2 aliphatic heterocycles. The number of hydrogen-bond acceptors (Lipinski definition) is 4. The van der Waals surface area contributed by atoms with Crippen LogP contribution in [0.15, 0.2) is 24.3 Å². The van der Waals surface area contributed by atoms with Gasteiger partial charge in [0.1, 0.15) is 5.92 Å². The highest BCUT2D eigenvalue weighted by Gasteiger charge is 2.47. The van der Waals surface area contributed by atoms with E-state index < -0.39 is 6.04 Å². The van der Waals surface area contributed by atoms with Crippen molar-refractivity contribution in [3.8, 4) is 0 Å². The molecule has 6 nitrogen and oxygen atoms in total. The van der Waals surface area contributed by atoms with Gasteiger partial charge in [0.15, 0.2) is 6.04 Å². The first-order chi connectivity index (χ1) is 12.9. The molecule has 0 bridgehead atoms. The topological polar surface area (TPSA) is 68.1 Å². The molecule has 27 heavy (non-hydrogen) atoms. The number of nitrogens with zero attached hydrogens (tertiary/aromatic N) is 1. The third kappa shape index (κ3) is 4.05. The Labute approximate surface area is 160 Å². The average molecular weight is 373 g/mol. The highest BCUT2D eigenvalue weighted by Crippen LogP contribution is 2.25. The van der Waals surface area contributed by atoms with Gasteiger partial charge < -0.3 is 9.64 Å². The lowest BCUT2D eigenvalue weighted by atomic mass is 9.96. The van der Waals surface area contributed by atoms with Crippen LogP contribution in [0.1, 0.15) is 51.5 Å². The minimum absolute atomic E-state index is 0.156. The Morgan fingerprint density at radius 3 is 2.59 bits per heavy atom. The molecule has 0 saturated carbocycles. The van der Waals surface area contributed by atoms with Gasteiger partial charge in [-0.05, 0) is 43.4 Å². The molecule has 0 aliphatic carbocycles. The van der Waals surface area contributed by atoms with E-state index in [1.165, 1.54) is 10.5 Å². The molecule has 1 N–H and O–H groups in total. The lowest BCUT2D eigenvalue weighted by molar-refractivity contribution is -0.922. The van der Waals surface area contributed by atoms with E-state index in [2.05, 4.69) is 13.8 Å². The number of anilines is 1. The summed E-state index contributed by atoms with van der Waals surface area (Å²) in [5.41, 5.74) is 1.81. The molecule has 1 aromatic carbocycles. The lowest BCUT2D eigenvalue weighted by Crippen LogP contribution is -3.18. The Balaban J connectivity index is 1.72. The van der Waals surface area contributed by atoms with Crippen LogP contribution in [-0.2, 0) is 19.1 Å². The van der Waals surface area contributed by atoms with E-state index in [4.69, 9.17) is 4.74 Å². The fourth-order valence-electron chi connectivity index (χ4n) is 4.10. The zero-order valence-corrected chi connectivity index (χ0v) is 16.4. The second-order valence-electron chi connectivity index (χ2n) is 7.77. The zero-order chi connectivity index (χ0) is 19.6. The van der Waals surface area contributed by atoms with E-state index in [9.17, 15) is 14.4 Å². The number of carbonyl (C=O) groups excluding carboxylic acids is 3. The second kappa shape index (κ2) is 8.21. The Bertz CT molecular complexity index is 713. The van der Waals surface area contributed by atoms with Crippen molar-refractivity contribution in [3.05, 3.63) is 29.8 Å². The van der Waals surface area contributed by atoms with Gasteiger partial charge in [0.05, 0.1) is 31.8 Å². The Kier molecular flexibility index (Phi) is 5.95. The molecular weight excluding hydrogens is 344 g/mol. The minimum atomic E-state index is -0.403. The van der Waals surface area contributed by atoms with Crippen LogP contribution in [0, 0.1) is 5.92 Å². The molecule has 1 aromatic rings. The monoisotopic (exact) mass is 373 g/mol. The normalized spacial score (nSPS) is 25.9. The molecule has 2 heterocycles. The number of quaternary nitrogens is 1. The number of nitrogens with one attached hydrogen (secondary N) is 1. The van der Waals surface area contributed by atoms with E-state index in [-0.39, 0.29) is 30.1 Å². The van der Waals surface area contributed by atoms with E-state index in [0.717, 1.165) is 24.3 Å². The third-order valence-corrected chi connectivity index (χ3v) is 5.64. The van der Waals surface area contributed by atoms with Gasteiger partial charge in [-0.3, -0.25) is 14.4 Å². The maximum absolute atomic E-state index is 13.0. The average Bonchev–Trinajstić information content (AvgIpc) is 2.96. The number of ether oxygens (including phenoxy) is 1. The van der Waals surface area contributed by atoms with Crippen LogP contribution < -0.4 is 9.80 Å². The number of rotatable bonds is 5. The van der Waals surface area contributed by atoms with Crippen molar-refractivity contribution >= 4 is 23.5 Å². The highest BCUT2D eigenvalue weighted by molar-refractivity contribution is 6.21. The predicted octanol–water partition coefficient (Wildman–Crippen LogP) is 1.30. The fraction of sp³-hybridized carbons (Fsp3) is 0.571. The summed E-state index contributed by atoms with van der Waals surface area (Å²) in [7, 11) is 0. The Morgan fingerprint density at radius 2 is 1.96 bits per heavy atom. The molecule has 2 aliphatic rings. The summed E-state index contributed by atoms with van der Waals surface area (Å²) in [6.45, 7) is 7.74. The smallest absolute Gasteiger partial charge is 0.314 e. The summed E-state index contributed by atoms with van der Waals surface area (Å²) in [5, 5.41) is 0. The summed E-state index contributed by atoms with van der Waals surface area (Å²) in [5.74, 6) is -0.289. The number of esters is 1. The number of carbonyl (C=O) groups is 3. The fourth-order valence-corrected chi connectivity index (χ4v) is 4.10. The quantitative estimate of drug-likeness (QED) is 0.624. The SMILES string of the molecule is CCOC(=O)[C@@H]1CCC[NH+]([C@@H]2CC(=O)N(c3ccc(C(C)C)cc3)C2=O)C1. The van der Waals surface area contributed by atoms with Gasteiger partial charge in [-0.25, -0.2) is 4.90 Å². The van der Waals surface area contributed by atoms with E-state index in [1.54, 1.807) is 6.92 Å². The van der Waals surface area contributed by atoms with Crippen molar-refractivity contribution in [3.63, 3.8) is 0 Å². The minimum Gasteiger partial charge on any atom is -0.466 e. The molecule has 2 saturated heterocycles. The number of hydrogen-bond donors (Lipinski definition) is 1. The van der Waals surface area contributed by atoms with Gasteiger partial charge in [0.2, 0.25) is 5.91 Å². The van der Waals surface area contributed by atoms with Crippen molar-refractivity contribution in [2.24, 2.45) is 5.92 Å². The molecular formula is C21H29N2O4+. The summed E-state index contributed by atoms with van der Waals surface area (Å²) in [6, 6.07) is 7.23. The van der Waals surface area contributed by atoms with Crippen LogP contribution in [-0.4, -0.2) is 43.5 Å². The molecule has 0 aromatic heterocycles. The van der Waals surface area contributed by atoms with Gasteiger partial charge in [-0.15, -0.1) is 0 Å². The summed E-state index contributed by atoms with van der Waals surface area (Å²) < 4.78 is 5.15. The first-order valence-electron chi connectivity index (χ1n) is 9.90. The molecule has 3 atom stereocenters. The number of imide groups is 1. The number of likely N-dealkylation sites (tertiary alicyclic amines) is 1. The Hall–Kier alpha value is -2.21. The summed E-state index contributed by atoms with van der Waals surface area (Å²) >= 11 is 0. The Morgan fingerprint density at radius 1 is 1.26 bits per heavy atom. The third-order valence-electron chi connectivity index (χ3n) is 5.64. The first-order valence-corrected chi connectivity index (χ1v) is 9.90. The number of piperidine rings is 1. The maximum Gasteiger partial charge on any atom is 0.314 e.